The molecule has 2 N–H and O–H groups in total. The SMILES string of the molecule is CNCCCN(C)C(=O)CC(C)C1CCCNC1. The molecular formula is C14H29N3O. The average Bonchev–Trinajstić information content (AvgIpc) is 2.39. The van der Waals surface area contributed by atoms with Crippen LogP contribution in [0.4, 0.5) is 0 Å². The molecule has 2 unspecified atom stereocenters. The van der Waals surface area contributed by atoms with E-state index in [4.69, 9.17) is 0 Å². The summed E-state index contributed by atoms with van der Waals surface area (Å²) in [5.41, 5.74) is 0. The first-order valence-electron chi connectivity index (χ1n) is 7.24. The Morgan fingerprint density at radius 1 is 1.56 bits per heavy atom. The van der Waals surface area contributed by atoms with Crippen LogP contribution in [-0.4, -0.2) is 51.1 Å². The van der Waals surface area contributed by atoms with Crippen molar-refractivity contribution in [2.45, 2.75) is 32.6 Å². The van der Waals surface area contributed by atoms with Gasteiger partial charge in [0.2, 0.25) is 5.91 Å². The van der Waals surface area contributed by atoms with E-state index in [-0.39, 0.29) is 0 Å². The third-order valence-corrected chi connectivity index (χ3v) is 3.98. The quantitative estimate of drug-likeness (QED) is 0.669. The lowest BCUT2D eigenvalue weighted by atomic mass is 9.85. The van der Waals surface area contributed by atoms with Crippen LogP contribution in [0.15, 0.2) is 0 Å². The number of hydrogen-bond donors (Lipinski definition) is 2. The normalized spacial score (nSPS) is 21.6. The third kappa shape index (κ3) is 5.36. The van der Waals surface area contributed by atoms with Crippen LogP contribution in [0, 0.1) is 11.8 Å². The minimum absolute atomic E-state index is 0.296. The Morgan fingerprint density at radius 2 is 2.33 bits per heavy atom. The lowest BCUT2D eigenvalue weighted by Crippen LogP contribution is -2.36. The molecule has 0 spiro atoms. The van der Waals surface area contributed by atoms with Crippen LogP contribution in [0.25, 0.3) is 0 Å². The molecule has 2 atom stereocenters. The first-order valence-corrected chi connectivity index (χ1v) is 7.24. The topological polar surface area (TPSA) is 44.4 Å². The molecule has 0 aliphatic carbocycles. The summed E-state index contributed by atoms with van der Waals surface area (Å²) < 4.78 is 0. The second-order valence-electron chi connectivity index (χ2n) is 5.56. The van der Waals surface area contributed by atoms with Crippen molar-refractivity contribution in [1.29, 1.82) is 0 Å². The maximum atomic E-state index is 12.1. The zero-order valence-electron chi connectivity index (χ0n) is 12.2. The number of piperidine rings is 1. The van der Waals surface area contributed by atoms with E-state index in [1.165, 1.54) is 12.8 Å². The molecular weight excluding hydrogens is 226 g/mol. The first-order chi connectivity index (χ1) is 8.65. The van der Waals surface area contributed by atoms with Crippen LogP contribution in [0.3, 0.4) is 0 Å². The van der Waals surface area contributed by atoms with Gasteiger partial charge in [0.15, 0.2) is 0 Å². The Hall–Kier alpha value is -0.610. The lowest BCUT2D eigenvalue weighted by Gasteiger charge is -2.29. The highest BCUT2D eigenvalue weighted by molar-refractivity contribution is 5.76. The number of hydrogen-bond acceptors (Lipinski definition) is 3. The zero-order valence-corrected chi connectivity index (χ0v) is 12.2. The number of carbonyl (C=O) groups is 1. The summed E-state index contributed by atoms with van der Waals surface area (Å²) in [6.07, 6.45) is 4.24. The number of carbonyl (C=O) groups excluding carboxylic acids is 1. The van der Waals surface area contributed by atoms with E-state index in [2.05, 4.69) is 17.6 Å². The van der Waals surface area contributed by atoms with Crippen molar-refractivity contribution in [3.05, 3.63) is 0 Å². The summed E-state index contributed by atoms with van der Waals surface area (Å²) in [7, 11) is 3.86. The molecule has 1 aliphatic heterocycles. The number of nitrogens with zero attached hydrogens (tertiary/aromatic N) is 1. The Kier molecular flexibility index (Phi) is 7.28. The van der Waals surface area contributed by atoms with E-state index >= 15 is 0 Å². The Bertz CT molecular complexity index is 239. The highest BCUT2D eigenvalue weighted by atomic mass is 16.2. The molecule has 1 heterocycles. The Morgan fingerprint density at radius 3 is 2.94 bits per heavy atom. The fourth-order valence-corrected chi connectivity index (χ4v) is 2.58. The zero-order chi connectivity index (χ0) is 13.4. The molecule has 106 valence electrons. The second kappa shape index (κ2) is 8.48. The van der Waals surface area contributed by atoms with E-state index in [1.54, 1.807) is 0 Å². The molecule has 0 aromatic heterocycles. The van der Waals surface area contributed by atoms with E-state index in [0.29, 0.717) is 24.2 Å². The maximum Gasteiger partial charge on any atom is 0.222 e. The van der Waals surface area contributed by atoms with Crippen molar-refractivity contribution < 1.29 is 4.79 Å². The molecule has 0 saturated carbocycles. The van der Waals surface area contributed by atoms with Crippen LogP contribution in [0.5, 0.6) is 0 Å². The van der Waals surface area contributed by atoms with E-state index < -0.39 is 0 Å². The molecule has 0 aromatic rings. The van der Waals surface area contributed by atoms with Crippen LogP contribution in [0.1, 0.15) is 32.6 Å². The van der Waals surface area contributed by atoms with Crippen molar-refractivity contribution in [1.82, 2.24) is 15.5 Å². The summed E-state index contributed by atoms with van der Waals surface area (Å²) in [5.74, 6) is 1.47. The fraction of sp³-hybridized carbons (Fsp3) is 0.929. The van der Waals surface area contributed by atoms with Crippen molar-refractivity contribution in [2.24, 2.45) is 11.8 Å². The maximum absolute atomic E-state index is 12.1. The smallest absolute Gasteiger partial charge is 0.222 e. The van der Waals surface area contributed by atoms with Gasteiger partial charge in [0.05, 0.1) is 0 Å². The van der Waals surface area contributed by atoms with Crippen LogP contribution in [-0.2, 0) is 4.79 Å². The van der Waals surface area contributed by atoms with Gasteiger partial charge in [0.25, 0.3) is 0 Å². The van der Waals surface area contributed by atoms with Crippen molar-refractivity contribution in [2.75, 3.05) is 40.3 Å². The predicted molar refractivity (Wildman–Crippen MR) is 75.6 cm³/mol. The molecule has 1 fully saturated rings. The summed E-state index contributed by atoms with van der Waals surface area (Å²) >= 11 is 0. The number of amides is 1. The summed E-state index contributed by atoms with van der Waals surface area (Å²) in [6, 6.07) is 0. The van der Waals surface area contributed by atoms with Gasteiger partial charge in [-0.2, -0.15) is 0 Å². The highest BCUT2D eigenvalue weighted by Crippen LogP contribution is 2.22. The number of nitrogens with one attached hydrogen (secondary N) is 2. The summed E-state index contributed by atoms with van der Waals surface area (Å²) in [6.45, 7) is 6.27. The molecule has 18 heavy (non-hydrogen) atoms. The van der Waals surface area contributed by atoms with Crippen molar-refractivity contribution in [3.63, 3.8) is 0 Å². The average molecular weight is 255 g/mol. The van der Waals surface area contributed by atoms with Gasteiger partial charge in [-0.25, -0.2) is 0 Å². The molecule has 1 rings (SSSR count). The van der Waals surface area contributed by atoms with Gasteiger partial charge in [-0.05, 0) is 57.8 Å². The van der Waals surface area contributed by atoms with Crippen LogP contribution in [0.2, 0.25) is 0 Å². The minimum atomic E-state index is 0.296. The van der Waals surface area contributed by atoms with E-state index in [1.807, 2.05) is 19.0 Å². The van der Waals surface area contributed by atoms with E-state index in [9.17, 15) is 4.79 Å². The molecule has 1 amide bonds. The molecule has 1 saturated heterocycles. The monoisotopic (exact) mass is 255 g/mol. The lowest BCUT2D eigenvalue weighted by molar-refractivity contribution is -0.131. The largest absolute Gasteiger partial charge is 0.346 e. The molecule has 4 nitrogen and oxygen atoms in total. The number of rotatable bonds is 7. The molecule has 0 aromatic carbocycles. The van der Waals surface area contributed by atoms with E-state index in [0.717, 1.165) is 32.6 Å². The van der Waals surface area contributed by atoms with Gasteiger partial charge >= 0.3 is 0 Å². The van der Waals surface area contributed by atoms with Crippen molar-refractivity contribution >= 4 is 5.91 Å². The molecule has 4 heteroatoms. The summed E-state index contributed by atoms with van der Waals surface area (Å²) in [4.78, 5) is 14.0. The molecule has 0 bridgehead atoms. The second-order valence-corrected chi connectivity index (χ2v) is 5.56. The standard InChI is InChI=1S/C14H29N3O/c1-12(13-6-4-8-16-11-13)10-14(18)17(3)9-5-7-15-2/h12-13,15-16H,4-11H2,1-3H3. The Balaban J connectivity index is 2.24. The molecule has 0 radical (unpaired) electrons. The molecule has 1 aliphatic rings. The minimum Gasteiger partial charge on any atom is -0.346 e. The third-order valence-electron chi connectivity index (χ3n) is 3.98. The van der Waals surface area contributed by atoms with Gasteiger partial charge in [-0.15, -0.1) is 0 Å². The predicted octanol–water partition coefficient (Wildman–Crippen LogP) is 1.08. The Labute approximate surface area is 111 Å². The van der Waals surface area contributed by atoms with Gasteiger partial charge in [-0.1, -0.05) is 6.92 Å². The van der Waals surface area contributed by atoms with Crippen molar-refractivity contribution in [3.8, 4) is 0 Å². The van der Waals surface area contributed by atoms with Gasteiger partial charge in [0.1, 0.15) is 0 Å². The van der Waals surface area contributed by atoms with Gasteiger partial charge in [0, 0.05) is 20.0 Å². The summed E-state index contributed by atoms with van der Waals surface area (Å²) in [5, 5.41) is 6.54. The first kappa shape index (κ1) is 15.4. The fourth-order valence-electron chi connectivity index (χ4n) is 2.58. The highest BCUT2D eigenvalue weighted by Gasteiger charge is 2.23. The van der Waals surface area contributed by atoms with Gasteiger partial charge in [-0.3, -0.25) is 4.79 Å². The van der Waals surface area contributed by atoms with Crippen LogP contribution < -0.4 is 10.6 Å². The van der Waals surface area contributed by atoms with Crippen LogP contribution >= 0.6 is 0 Å². The van der Waals surface area contributed by atoms with Gasteiger partial charge < -0.3 is 15.5 Å².